The first-order chi connectivity index (χ1) is 15.1. The molecule has 1 N–H and O–H groups in total. The van der Waals surface area contributed by atoms with Crippen molar-refractivity contribution in [3.05, 3.63) is 59.2 Å². The van der Waals surface area contributed by atoms with Crippen LogP contribution in [-0.4, -0.2) is 31.7 Å². The summed E-state index contributed by atoms with van der Waals surface area (Å²) in [7, 11) is -3.48. The van der Waals surface area contributed by atoms with Gasteiger partial charge in [0.1, 0.15) is 11.3 Å². The molecule has 4 aliphatic carbocycles. The summed E-state index contributed by atoms with van der Waals surface area (Å²) in [6, 6.07) is 10.6. The normalized spacial score (nSPS) is 28.5. The third kappa shape index (κ3) is 3.62. The van der Waals surface area contributed by atoms with Gasteiger partial charge < -0.3 is 9.84 Å². The minimum absolute atomic E-state index is 0.0338. The molecule has 4 aliphatic rings. The maximum atomic E-state index is 13.0. The number of hydrogen-bond acceptors (Lipinski definition) is 5. The number of aromatic carboxylic acids is 1. The van der Waals surface area contributed by atoms with Crippen LogP contribution in [0.3, 0.4) is 0 Å². The number of esters is 1. The van der Waals surface area contributed by atoms with Crippen molar-refractivity contribution in [1.29, 1.82) is 0 Å². The number of sulfone groups is 1. The molecule has 0 heterocycles. The van der Waals surface area contributed by atoms with E-state index in [2.05, 4.69) is 0 Å². The summed E-state index contributed by atoms with van der Waals surface area (Å²) in [5.74, 6) is -0.0570. The fourth-order valence-electron chi connectivity index (χ4n) is 6.73. The molecule has 4 saturated carbocycles. The van der Waals surface area contributed by atoms with Gasteiger partial charge in [-0.25, -0.2) is 18.0 Å². The van der Waals surface area contributed by atoms with E-state index in [1.807, 2.05) is 0 Å². The molecule has 6 rings (SSSR count). The lowest BCUT2D eigenvalue weighted by Gasteiger charge is -2.57. The Labute approximate surface area is 187 Å². The summed E-state index contributed by atoms with van der Waals surface area (Å²) in [6.07, 6.45) is 7.77. The van der Waals surface area contributed by atoms with Crippen LogP contribution in [0.25, 0.3) is 0 Å². The van der Waals surface area contributed by atoms with Crippen LogP contribution in [0.15, 0.2) is 47.4 Å². The molecule has 7 heteroatoms. The molecule has 0 spiro atoms. The van der Waals surface area contributed by atoms with E-state index in [0.29, 0.717) is 22.6 Å². The zero-order valence-electron chi connectivity index (χ0n) is 17.9. The SMILES string of the molecule is CS(=O)(=O)c1ccc(C(=O)Oc2ccccc2C(=O)O)cc1C12CC3CC(CC(C3)C1)C2. The maximum Gasteiger partial charge on any atom is 0.343 e. The standard InChI is InChI=1S/C25H26O6S/c1-32(29,30)22-7-6-18(24(28)31-21-5-3-2-4-19(21)23(26)27)11-20(22)25-12-15-8-16(13-25)10-17(9-15)14-25/h2-7,11,15-17H,8-10,12-14H2,1H3,(H,26,27). The smallest absolute Gasteiger partial charge is 0.343 e. The fourth-order valence-corrected chi connectivity index (χ4v) is 7.72. The van der Waals surface area contributed by atoms with Gasteiger partial charge >= 0.3 is 11.9 Å². The monoisotopic (exact) mass is 454 g/mol. The summed E-state index contributed by atoms with van der Waals surface area (Å²) in [5.41, 5.74) is 0.654. The Hall–Kier alpha value is -2.67. The number of carboxylic acid groups (broad SMARTS) is 1. The molecule has 2 aromatic carbocycles. The number of ether oxygens (including phenoxy) is 1. The number of carbonyl (C=O) groups is 2. The van der Waals surface area contributed by atoms with Crippen molar-refractivity contribution in [3.8, 4) is 5.75 Å². The zero-order valence-corrected chi connectivity index (χ0v) is 18.7. The number of carbonyl (C=O) groups excluding carboxylic acids is 1. The first-order valence-corrected chi connectivity index (χ1v) is 12.9. The van der Waals surface area contributed by atoms with E-state index in [0.717, 1.165) is 24.8 Å². The van der Waals surface area contributed by atoms with Crippen LogP contribution in [0, 0.1) is 17.8 Å². The first-order valence-electron chi connectivity index (χ1n) is 11.0. The molecule has 0 aliphatic heterocycles. The Bertz CT molecular complexity index is 1180. The van der Waals surface area contributed by atoms with Crippen molar-refractivity contribution in [2.75, 3.05) is 6.26 Å². The van der Waals surface area contributed by atoms with E-state index < -0.39 is 21.8 Å². The third-order valence-corrected chi connectivity index (χ3v) is 8.70. The van der Waals surface area contributed by atoms with Gasteiger partial charge in [0, 0.05) is 6.26 Å². The van der Waals surface area contributed by atoms with Crippen LogP contribution in [-0.2, 0) is 15.3 Å². The molecule has 4 bridgehead atoms. The Morgan fingerprint density at radius 2 is 1.56 bits per heavy atom. The van der Waals surface area contributed by atoms with Crippen LogP contribution in [0.2, 0.25) is 0 Å². The largest absolute Gasteiger partial charge is 0.478 e. The highest BCUT2D eigenvalue weighted by Crippen LogP contribution is 2.61. The molecular formula is C25H26O6S. The quantitative estimate of drug-likeness (QED) is 0.529. The number of rotatable bonds is 5. The Morgan fingerprint density at radius 3 is 2.12 bits per heavy atom. The van der Waals surface area contributed by atoms with E-state index in [1.165, 1.54) is 49.8 Å². The van der Waals surface area contributed by atoms with E-state index in [4.69, 9.17) is 4.74 Å². The summed E-state index contributed by atoms with van der Waals surface area (Å²) in [5, 5.41) is 9.36. The molecule has 32 heavy (non-hydrogen) atoms. The van der Waals surface area contributed by atoms with Gasteiger partial charge in [0.05, 0.1) is 10.5 Å². The topological polar surface area (TPSA) is 97.7 Å². The average Bonchev–Trinajstić information content (AvgIpc) is 2.72. The molecule has 4 fully saturated rings. The third-order valence-electron chi connectivity index (χ3n) is 7.54. The van der Waals surface area contributed by atoms with Gasteiger partial charge in [0.2, 0.25) is 0 Å². The molecule has 0 atom stereocenters. The van der Waals surface area contributed by atoms with Gasteiger partial charge in [-0.15, -0.1) is 0 Å². The Morgan fingerprint density at radius 1 is 0.969 bits per heavy atom. The van der Waals surface area contributed by atoms with Crippen molar-refractivity contribution >= 4 is 21.8 Å². The molecule has 0 saturated heterocycles. The molecule has 0 unspecified atom stereocenters. The minimum Gasteiger partial charge on any atom is -0.478 e. The van der Waals surface area contributed by atoms with Crippen LogP contribution in [0.5, 0.6) is 5.75 Å². The van der Waals surface area contributed by atoms with Crippen molar-refractivity contribution in [2.45, 2.75) is 48.8 Å². The van der Waals surface area contributed by atoms with Crippen LogP contribution < -0.4 is 4.74 Å². The second kappa shape index (κ2) is 7.44. The first kappa shape index (κ1) is 21.2. The predicted molar refractivity (Wildman–Crippen MR) is 118 cm³/mol. The van der Waals surface area contributed by atoms with Crippen LogP contribution in [0.1, 0.15) is 64.8 Å². The second-order valence-electron chi connectivity index (χ2n) is 9.87. The lowest BCUT2D eigenvalue weighted by atomic mass is 9.48. The van der Waals surface area contributed by atoms with Crippen molar-refractivity contribution in [3.63, 3.8) is 0 Å². The lowest BCUT2D eigenvalue weighted by molar-refractivity contribution is -0.00650. The van der Waals surface area contributed by atoms with E-state index in [9.17, 15) is 23.1 Å². The molecular weight excluding hydrogens is 428 g/mol. The second-order valence-corrected chi connectivity index (χ2v) is 11.9. The van der Waals surface area contributed by atoms with Gasteiger partial charge in [0.25, 0.3) is 0 Å². The van der Waals surface area contributed by atoms with Gasteiger partial charge in [0.15, 0.2) is 9.84 Å². The van der Waals surface area contributed by atoms with Gasteiger partial charge in [-0.05, 0) is 97.6 Å². The Kier molecular flexibility index (Phi) is 4.93. The average molecular weight is 455 g/mol. The fraction of sp³-hybridized carbons (Fsp3) is 0.440. The number of benzene rings is 2. The van der Waals surface area contributed by atoms with E-state index in [1.54, 1.807) is 18.2 Å². The molecule has 2 aromatic rings. The van der Waals surface area contributed by atoms with Crippen LogP contribution >= 0.6 is 0 Å². The number of para-hydroxylation sites is 1. The van der Waals surface area contributed by atoms with Crippen LogP contribution in [0.4, 0.5) is 0 Å². The molecule has 0 aromatic heterocycles. The van der Waals surface area contributed by atoms with E-state index in [-0.39, 0.29) is 22.3 Å². The van der Waals surface area contributed by atoms with E-state index >= 15 is 0 Å². The highest BCUT2D eigenvalue weighted by atomic mass is 32.2. The minimum atomic E-state index is -3.48. The predicted octanol–water partition coefficient (Wildman–Crippen LogP) is 4.48. The molecule has 168 valence electrons. The maximum absolute atomic E-state index is 13.0. The Balaban J connectivity index is 1.55. The molecule has 0 amide bonds. The summed E-state index contributed by atoms with van der Waals surface area (Å²) >= 11 is 0. The number of carboxylic acids is 1. The van der Waals surface area contributed by atoms with Crippen molar-refractivity contribution < 1.29 is 27.9 Å². The van der Waals surface area contributed by atoms with Gasteiger partial charge in [-0.2, -0.15) is 0 Å². The summed E-state index contributed by atoms with van der Waals surface area (Å²) < 4.78 is 30.7. The molecule has 0 radical (unpaired) electrons. The summed E-state index contributed by atoms with van der Waals surface area (Å²) in [6.45, 7) is 0. The van der Waals surface area contributed by atoms with Gasteiger partial charge in [-0.3, -0.25) is 0 Å². The van der Waals surface area contributed by atoms with Gasteiger partial charge in [-0.1, -0.05) is 12.1 Å². The summed E-state index contributed by atoms with van der Waals surface area (Å²) in [4.78, 5) is 24.7. The zero-order chi connectivity index (χ0) is 22.7. The molecule has 6 nitrogen and oxygen atoms in total. The lowest BCUT2D eigenvalue weighted by Crippen LogP contribution is -2.49. The highest BCUT2D eigenvalue weighted by molar-refractivity contribution is 7.90. The highest BCUT2D eigenvalue weighted by Gasteiger charge is 2.52. The van der Waals surface area contributed by atoms with Crippen molar-refractivity contribution in [1.82, 2.24) is 0 Å². The van der Waals surface area contributed by atoms with Crippen molar-refractivity contribution in [2.24, 2.45) is 17.8 Å². The number of hydrogen-bond donors (Lipinski definition) is 1.